The topological polar surface area (TPSA) is 69.2 Å². The average Bonchev–Trinajstić information content (AvgIpc) is 2.84. The van der Waals surface area contributed by atoms with Crippen molar-refractivity contribution in [3.63, 3.8) is 0 Å². The van der Waals surface area contributed by atoms with Crippen LogP contribution in [0.1, 0.15) is 21.7 Å². The Morgan fingerprint density at radius 1 is 1.50 bits per heavy atom. The fourth-order valence-electron chi connectivity index (χ4n) is 1.74. The molecule has 94 valence electrons. The van der Waals surface area contributed by atoms with E-state index in [0.29, 0.717) is 17.7 Å². The molecule has 0 spiro atoms. The monoisotopic (exact) mass is 245 g/mol. The summed E-state index contributed by atoms with van der Waals surface area (Å²) in [6, 6.07) is 4.94. The second-order valence-electron chi connectivity index (χ2n) is 4.15. The van der Waals surface area contributed by atoms with Crippen molar-refractivity contribution in [2.75, 3.05) is 7.05 Å². The quantitative estimate of drug-likeness (QED) is 0.864. The number of imidazole rings is 1. The molecule has 2 aromatic rings. The number of phenols is 1. The van der Waals surface area contributed by atoms with Gasteiger partial charge in [-0.05, 0) is 19.1 Å². The van der Waals surface area contributed by atoms with Crippen LogP contribution in [-0.4, -0.2) is 32.9 Å². The Labute approximate surface area is 105 Å². The Kier molecular flexibility index (Phi) is 3.32. The van der Waals surface area contributed by atoms with Crippen molar-refractivity contribution in [3.05, 3.63) is 47.5 Å². The van der Waals surface area contributed by atoms with Crippen LogP contribution in [0, 0.1) is 6.92 Å². The molecule has 1 heterocycles. The number of aromatic amines is 1. The van der Waals surface area contributed by atoms with Crippen LogP contribution >= 0.6 is 0 Å². The Morgan fingerprint density at radius 3 is 2.94 bits per heavy atom. The third-order valence-electron chi connectivity index (χ3n) is 2.82. The molecule has 2 rings (SSSR count). The van der Waals surface area contributed by atoms with Gasteiger partial charge >= 0.3 is 0 Å². The molecule has 1 aromatic heterocycles. The molecule has 0 aliphatic heterocycles. The molecule has 18 heavy (non-hydrogen) atoms. The molecule has 0 saturated heterocycles. The first-order valence-corrected chi connectivity index (χ1v) is 5.62. The number of phenolic OH excluding ortho intramolecular Hbond substituents is 1. The van der Waals surface area contributed by atoms with Gasteiger partial charge < -0.3 is 15.0 Å². The normalized spacial score (nSPS) is 10.3. The summed E-state index contributed by atoms with van der Waals surface area (Å²) >= 11 is 0. The zero-order valence-corrected chi connectivity index (χ0v) is 10.3. The van der Waals surface area contributed by atoms with Gasteiger partial charge in [0.2, 0.25) is 0 Å². The standard InChI is InChI=1S/C13H15N3O2/c1-9-10(4-3-5-11(9)17)13(18)16(2)8-12-14-6-7-15-12/h3-7,17H,8H2,1-2H3,(H,14,15). The number of benzene rings is 1. The first kappa shape index (κ1) is 12.2. The smallest absolute Gasteiger partial charge is 0.254 e. The lowest BCUT2D eigenvalue weighted by molar-refractivity contribution is 0.0780. The first-order valence-electron chi connectivity index (χ1n) is 5.62. The Hall–Kier alpha value is -2.30. The van der Waals surface area contributed by atoms with Gasteiger partial charge in [-0.25, -0.2) is 4.98 Å². The number of H-pyrrole nitrogens is 1. The van der Waals surface area contributed by atoms with Gasteiger partial charge in [-0.15, -0.1) is 0 Å². The molecule has 1 amide bonds. The van der Waals surface area contributed by atoms with Gasteiger partial charge in [0.15, 0.2) is 0 Å². The van der Waals surface area contributed by atoms with Crippen LogP contribution in [0.15, 0.2) is 30.6 Å². The minimum Gasteiger partial charge on any atom is -0.508 e. The van der Waals surface area contributed by atoms with Gasteiger partial charge in [-0.3, -0.25) is 4.79 Å². The summed E-state index contributed by atoms with van der Waals surface area (Å²) in [5.41, 5.74) is 1.10. The molecule has 2 N–H and O–H groups in total. The van der Waals surface area contributed by atoms with Crippen LogP contribution in [-0.2, 0) is 6.54 Å². The van der Waals surface area contributed by atoms with E-state index in [1.54, 1.807) is 49.5 Å². The number of aromatic nitrogens is 2. The third kappa shape index (κ3) is 2.34. The summed E-state index contributed by atoms with van der Waals surface area (Å²) in [6.07, 6.45) is 3.36. The van der Waals surface area contributed by atoms with Gasteiger partial charge in [0.25, 0.3) is 5.91 Å². The summed E-state index contributed by atoms with van der Waals surface area (Å²) in [4.78, 5) is 20.8. The number of hydrogen-bond acceptors (Lipinski definition) is 3. The number of nitrogens with one attached hydrogen (secondary N) is 1. The number of hydrogen-bond donors (Lipinski definition) is 2. The number of nitrogens with zero attached hydrogens (tertiary/aromatic N) is 2. The second-order valence-corrected chi connectivity index (χ2v) is 4.15. The Balaban J connectivity index is 2.18. The molecule has 0 atom stereocenters. The fourth-order valence-corrected chi connectivity index (χ4v) is 1.74. The van der Waals surface area contributed by atoms with Gasteiger partial charge in [0, 0.05) is 30.6 Å². The number of carbonyl (C=O) groups is 1. The van der Waals surface area contributed by atoms with E-state index in [0.717, 1.165) is 5.82 Å². The summed E-state index contributed by atoms with van der Waals surface area (Å²) in [5.74, 6) is 0.718. The lowest BCUT2D eigenvalue weighted by atomic mass is 10.1. The van der Waals surface area contributed by atoms with Crippen molar-refractivity contribution >= 4 is 5.91 Å². The van der Waals surface area contributed by atoms with Crippen molar-refractivity contribution in [2.24, 2.45) is 0 Å². The van der Waals surface area contributed by atoms with Gasteiger partial charge in [-0.1, -0.05) is 6.07 Å². The number of carbonyl (C=O) groups excluding carboxylic acids is 1. The molecule has 0 aliphatic carbocycles. The highest BCUT2D eigenvalue weighted by Crippen LogP contribution is 2.20. The maximum absolute atomic E-state index is 12.2. The van der Waals surface area contributed by atoms with Crippen LogP contribution in [0.2, 0.25) is 0 Å². The average molecular weight is 245 g/mol. The van der Waals surface area contributed by atoms with Gasteiger partial charge in [0.05, 0.1) is 6.54 Å². The zero-order chi connectivity index (χ0) is 13.1. The summed E-state index contributed by atoms with van der Waals surface area (Å²) in [5, 5.41) is 9.60. The first-order chi connectivity index (χ1) is 8.59. The van der Waals surface area contributed by atoms with Gasteiger partial charge in [-0.2, -0.15) is 0 Å². The molecule has 0 saturated carbocycles. The predicted octanol–water partition coefficient (Wildman–Crippen LogP) is 1.70. The number of aromatic hydroxyl groups is 1. The molecule has 5 heteroatoms. The highest BCUT2D eigenvalue weighted by atomic mass is 16.3. The van der Waals surface area contributed by atoms with E-state index in [2.05, 4.69) is 9.97 Å². The number of amides is 1. The summed E-state index contributed by atoms with van der Waals surface area (Å²) in [7, 11) is 1.70. The minimum absolute atomic E-state index is 0.132. The molecule has 0 bridgehead atoms. The van der Waals surface area contributed by atoms with Crippen LogP contribution < -0.4 is 0 Å². The van der Waals surface area contributed by atoms with Crippen molar-refractivity contribution < 1.29 is 9.90 Å². The molecule has 0 radical (unpaired) electrons. The van der Waals surface area contributed by atoms with Crippen LogP contribution in [0.3, 0.4) is 0 Å². The Morgan fingerprint density at radius 2 is 2.28 bits per heavy atom. The van der Waals surface area contributed by atoms with Crippen LogP contribution in [0.4, 0.5) is 0 Å². The largest absolute Gasteiger partial charge is 0.508 e. The van der Waals surface area contributed by atoms with E-state index in [1.165, 1.54) is 0 Å². The minimum atomic E-state index is -0.139. The molecule has 5 nitrogen and oxygen atoms in total. The van der Waals surface area contributed by atoms with E-state index in [4.69, 9.17) is 0 Å². The van der Waals surface area contributed by atoms with Crippen LogP contribution in [0.25, 0.3) is 0 Å². The van der Waals surface area contributed by atoms with E-state index >= 15 is 0 Å². The van der Waals surface area contributed by atoms with Crippen molar-refractivity contribution in [2.45, 2.75) is 13.5 Å². The molecule has 0 unspecified atom stereocenters. The van der Waals surface area contributed by atoms with Crippen molar-refractivity contribution in [1.82, 2.24) is 14.9 Å². The van der Waals surface area contributed by atoms with Crippen molar-refractivity contribution in [1.29, 1.82) is 0 Å². The molecular formula is C13H15N3O2. The van der Waals surface area contributed by atoms with E-state index < -0.39 is 0 Å². The number of rotatable bonds is 3. The lowest BCUT2D eigenvalue weighted by Crippen LogP contribution is -2.27. The highest BCUT2D eigenvalue weighted by Gasteiger charge is 2.16. The van der Waals surface area contributed by atoms with Crippen LogP contribution in [0.5, 0.6) is 5.75 Å². The third-order valence-corrected chi connectivity index (χ3v) is 2.82. The zero-order valence-electron chi connectivity index (χ0n) is 10.3. The molecule has 1 aromatic carbocycles. The molecule has 0 aliphatic rings. The second kappa shape index (κ2) is 4.91. The van der Waals surface area contributed by atoms with E-state index in [1.807, 2.05) is 0 Å². The highest BCUT2D eigenvalue weighted by molar-refractivity contribution is 5.96. The van der Waals surface area contributed by atoms with E-state index in [-0.39, 0.29) is 11.7 Å². The molecular weight excluding hydrogens is 230 g/mol. The molecule has 0 fully saturated rings. The maximum atomic E-state index is 12.2. The lowest BCUT2D eigenvalue weighted by Gasteiger charge is -2.17. The fraction of sp³-hybridized carbons (Fsp3) is 0.231. The Bertz CT molecular complexity index is 549. The maximum Gasteiger partial charge on any atom is 0.254 e. The van der Waals surface area contributed by atoms with Gasteiger partial charge in [0.1, 0.15) is 11.6 Å². The SMILES string of the molecule is Cc1c(O)cccc1C(=O)N(C)Cc1ncc[nH]1. The van der Waals surface area contributed by atoms with Crippen molar-refractivity contribution in [3.8, 4) is 5.75 Å². The summed E-state index contributed by atoms with van der Waals surface area (Å²) in [6.45, 7) is 2.13. The van der Waals surface area contributed by atoms with E-state index in [9.17, 15) is 9.90 Å². The predicted molar refractivity (Wildman–Crippen MR) is 67.2 cm³/mol. The summed E-state index contributed by atoms with van der Waals surface area (Å²) < 4.78 is 0.